The molecule has 1 aromatic carbocycles. The zero-order chi connectivity index (χ0) is 36.9. The molecule has 1 atom stereocenters. The standard InChI is InChI=1S/C33H38ClF3N10O5/c1-3-25-27(43-9-10-44(19(2)17-43)28(49)22-16-38-46(29(22)50)21-5-4-6-21)30(51)47-32(40-31(41-47)42-11-13-52-14-12-42)45(25)18-26(48)39-24-8-7-20(15-23(24)34)33(35,36)37/h7-8,15-16,19,21,50H,3-6,9-14,17-18H2,1-2H3,(H,39,48)/t19-/m1/s1. The van der Waals surface area contributed by atoms with E-state index in [-0.39, 0.29) is 83.7 Å². The lowest BCUT2D eigenvalue weighted by atomic mass is 9.93. The Morgan fingerprint density at radius 1 is 1.12 bits per heavy atom. The highest BCUT2D eigenvalue weighted by atomic mass is 35.5. The molecule has 4 aromatic rings. The highest BCUT2D eigenvalue weighted by molar-refractivity contribution is 6.33. The second-order valence-corrected chi connectivity index (χ2v) is 13.6. The van der Waals surface area contributed by atoms with Crippen molar-refractivity contribution in [1.29, 1.82) is 0 Å². The van der Waals surface area contributed by atoms with E-state index >= 15 is 0 Å². The number of aromatic nitrogens is 6. The largest absolute Gasteiger partial charge is 0.493 e. The van der Waals surface area contributed by atoms with E-state index in [0.29, 0.717) is 38.4 Å². The lowest BCUT2D eigenvalue weighted by Gasteiger charge is -2.41. The molecule has 2 aliphatic heterocycles. The van der Waals surface area contributed by atoms with Gasteiger partial charge in [0.05, 0.1) is 47.4 Å². The summed E-state index contributed by atoms with van der Waals surface area (Å²) in [4.78, 5) is 51.6. The third-order valence-electron chi connectivity index (χ3n) is 9.94. The summed E-state index contributed by atoms with van der Waals surface area (Å²) in [5.41, 5.74) is -0.516. The van der Waals surface area contributed by atoms with Crippen LogP contribution in [0.5, 0.6) is 5.88 Å². The number of benzene rings is 1. The number of amides is 2. The summed E-state index contributed by atoms with van der Waals surface area (Å²) in [5.74, 6) is -0.727. The SMILES string of the molecule is CCc1c(N2CCN(C(=O)c3cnn(C4CCC4)c3O)[C@H](C)C2)c(=O)n2nc(N3CCOCC3)nc2n1CC(=O)Nc1ccc(C(F)(F)F)cc1Cl. The fourth-order valence-electron chi connectivity index (χ4n) is 6.96. The van der Waals surface area contributed by atoms with E-state index in [9.17, 15) is 32.7 Å². The Morgan fingerprint density at radius 3 is 2.50 bits per heavy atom. The molecule has 15 nitrogen and oxygen atoms in total. The van der Waals surface area contributed by atoms with Gasteiger partial charge in [0.25, 0.3) is 11.5 Å². The number of hydrogen-bond acceptors (Lipinski definition) is 10. The molecule has 2 N–H and O–H groups in total. The summed E-state index contributed by atoms with van der Waals surface area (Å²) in [6, 6.07) is 2.35. The second-order valence-electron chi connectivity index (χ2n) is 13.2. The van der Waals surface area contributed by atoms with Crippen molar-refractivity contribution in [3.63, 3.8) is 0 Å². The normalized spacial score (nSPS) is 18.6. The number of carbonyl (C=O) groups excluding carboxylic acids is 2. The molecule has 0 spiro atoms. The number of halogens is 4. The van der Waals surface area contributed by atoms with E-state index in [2.05, 4.69) is 20.5 Å². The fraction of sp³-hybridized carbons (Fsp3) is 0.515. The van der Waals surface area contributed by atoms with E-state index in [4.69, 9.17) is 16.3 Å². The highest BCUT2D eigenvalue weighted by Crippen LogP contribution is 2.36. The van der Waals surface area contributed by atoms with Crippen LogP contribution in [0.15, 0.2) is 29.2 Å². The molecular weight excluding hydrogens is 709 g/mol. The quantitative estimate of drug-likeness (QED) is 0.274. The topological polar surface area (TPSA) is 155 Å². The molecule has 2 amide bonds. The second kappa shape index (κ2) is 13.9. The van der Waals surface area contributed by atoms with Crippen molar-refractivity contribution in [3.8, 4) is 5.88 Å². The number of hydrogen-bond donors (Lipinski definition) is 2. The summed E-state index contributed by atoms with van der Waals surface area (Å²) in [6.45, 7) is 5.96. The van der Waals surface area contributed by atoms with Crippen molar-refractivity contribution in [2.24, 2.45) is 0 Å². The Bertz CT molecular complexity index is 2070. The van der Waals surface area contributed by atoms with E-state index in [1.165, 1.54) is 10.9 Å². The van der Waals surface area contributed by atoms with Crippen molar-refractivity contribution in [2.75, 3.05) is 61.1 Å². The monoisotopic (exact) mass is 746 g/mol. The van der Waals surface area contributed by atoms with Crippen LogP contribution in [-0.4, -0.2) is 103 Å². The average molecular weight is 747 g/mol. The van der Waals surface area contributed by atoms with Crippen LogP contribution in [0.3, 0.4) is 0 Å². The van der Waals surface area contributed by atoms with Crippen LogP contribution >= 0.6 is 11.6 Å². The summed E-state index contributed by atoms with van der Waals surface area (Å²) >= 11 is 6.13. The summed E-state index contributed by atoms with van der Waals surface area (Å²) in [5, 5.41) is 22.0. The van der Waals surface area contributed by atoms with Crippen LogP contribution in [0, 0.1) is 0 Å². The number of fused-ring (bicyclic) bond motifs is 1. The molecule has 0 bridgehead atoms. The lowest BCUT2D eigenvalue weighted by molar-refractivity contribution is -0.137. The van der Waals surface area contributed by atoms with Crippen LogP contribution in [0.4, 0.5) is 30.5 Å². The molecule has 1 aliphatic carbocycles. The van der Waals surface area contributed by atoms with Crippen molar-refractivity contribution >= 4 is 46.5 Å². The van der Waals surface area contributed by atoms with Gasteiger partial charge in [0.15, 0.2) is 0 Å². The molecule has 19 heteroatoms. The maximum absolute atomic E-state index is 14.3. The lowest BCUT2D eigenvalue weighted by Crippen LogP contribution is -2.55. The number of alkyl halides is 3. The minimum absolute atomic E-state index is 0.00985. The van der Waals surface area contributed by atoms with Crippen molar-refractivity contribution in [1.82, 2.24) is 33.8 Å². The molecule has 5 heterocycles. The van der Waals surface area contributed by atoms with E-state index in [1.54, 1.807) is 9.47 Å². The predicted molar refractivity (Wildman–Crippen MR) is 184 cm³/mol. The first-order valence-electron chi connectivity index (χ1n) is 17.2. The predicted octanol–water partition coefficient (Wildman–Crippen LogP) is 3.58. The van der Waals surface area contributed by atoms with Gasteiger partial charge in [-0.1, -0.05) is 18.5 Å². The zero-order valence-electron chi connectivity index (χ0n) is 28.6. The Labute approximate surface area is 300 Å². The van der Waals surface area contributed by atoms with E-state index in [0.717, 1.165) is 42.0 Å². The number of piperazine rings is 1. The molecule has 7 rings (SSSR count). The van der Waals surface area contributed by atoms with Gasteiger partial charge in [0.1, 0.15) is 17.8 Å². The van der Waals surface area contributed by atoms with E-state index < -0.39 is 23.2 Å². The zero-order valence-corrected chi connectivity index (χ0v) is 29.3. The van der Waals surface area contributed by atoms with Crippen LogP contribution in [0.2, 0.25) is 5.02 Å². The van der Waals surface area contributed by atoms with Gasteiger partial charge in [0, 0.05) is 38.8 Å². The Morgan fingerprint density at radius 2 is 1.87 bits per heavy atom. The van der Waals surface area contributed by atoms with Crippen LogP contribution in [0.25, 0.3) is 5.78 Å². The number of rotatable bonds is 8. The Hall–Kier alpha value is -4.84. The van der Waals surface area contributed by atoms with Crippen LogP contribution in [-0.2, 0) is 28.7 Å². The van der Waals surface area contributed by atoms with Crippen molar-refractivity contribution in [3.05, 3.63) is 56.6 Å². The fourth-order valence-corrected chi connectivity index (χ4v) is 7.19. The number of carbonyl (C=O) groups is 2. The molecule has 3 aliphatic rings. The van der Waals surface area contributed by atoms with Gasteiger partial charge < -0.3 is 34.4 Å². The number of ether oxygens (including phenoxy) is 1. The first kappa shape index (κ1) is 35.6. The number of aromatic hydroxyl groups is 1. The Balaban J connectivity index is 1.21. The van der Waals surface area contributed by atoms with Crippen LogP contribution in [0.1, 0.15) is 60.8 Å². The number of morpholine rings is 1. The molecule has 3 fully saturated rings. The van der Waals surface area contributed by atoms with Crippen LogP contribution < -0.4 is 20.7 Å². The third kappa shape index (κ3) is 6.53. The smallest absolute Gasteiger partial charge is 0.416 e. The summed E-state index contributed by atoms with van der Waals surface area (Å²) < 4.78 is 49.4. The van der Waals surface area contributed by atoms with E-state index in [1.807, 2.05) is 23.6 Å². The average Bonchev–Trinajstić information content (AvgIpc) is 3.70. The summed E-state index contributed by atoms with van der Waals surface area (Å²) in [6.07, 6.45) is -0.0788. The van der Waals surface area contributed by atoms with Gasteiger partial charge in [-0.2, -0.15) is 27.8 Å². The minimum Gasteiger partial charge on any atom is -0.493 e. The molecule has 52 heavy (non-hydrogen) atoms. The molecule has 2 saturated heterocycles. The molecular formula is C33H38ClF3N10O5. The van der Waals surface area contributed by atoms with Gasteiger partial charge in [0.2, 0.25) is 23.5 Å². The number of nitrogens with zero attached hydrogens (tertiary/aromatic N) is 9. The molecule has 0 unspecified atom stereocenters. The third-order valence-corrected chi connectivity index (χ3v) is 10.3. The van der Waals surface area contributed by atoms with Gasteiger partial charge >= 0.3 is 6.18 Å². The first-order valence-corrected chi connectivity index (χ1v) is 17.6. The number of anilines is 3. The van der Waals surface area contributed by atoms with Gasteiger partial charge in [-0.05, 0) is 50.8 Å². The maximum atomic E-state index is 14.3. The number of nitrogens with one attached hydrogen (secondary N) is 1. The summed E-state index contributed by atoms with van der Waals surface area (Å²) in [7, 11) is 0. The molecule has 0 radical (unpaired) electrons. The highest BCUT2D eigenvalue weighted by Gasteiger charge is 2.36. The van der Waals surface area contributed by atoms with Gasteiger partial charge in [-0.3, -0.25) is 14.4 Å². The molecule has 3 aromatic heterocycles. The van der Waals surface area contributed by atoms with Crippen molar-refractivity contribution in [2.45, 2.75) is 64.3 Å². The van der Waals surface area contributed by atoms with Crippen molar-refractivity contribution < 1.29 is 32.6 Å². The maximum Gasteiger partial charge on any atom is 0.416 e. The Kier molecular flexibility index (Phi) is 9.54. The van der Waals surface area contributed by atoms with Gasteiger partial charge in [-0.25, -0.2) is 4.68 Å². The first-order chi connectivity index (χ1) is 24.8. The van der Waals surface area contributed by atoms with Gasteiger partial charge in [-0.15, -0.1) is 5.10 Å². The minimum atomic E-state index is -4.61. The molecule has 1 saturated carbocycles. The molecule has 278 valence electrons.